The maximum absolute atomic E-state index is 14.0. The molecule has 3 aliphatic rings. The Balaban J connectivity index is 1.87. The molecule has 3 amide bonds. The summed E-state index contributed by atoms with van der Waals surface area (Å²) in [5, 5.41) is 59.1. The number of carbonyl (C=O) groups is 5. The van der Waals surface area contributed by atoms with Crippen molar-refractivity contribution in [2.75, 3.05) is 19.4 Å². The molecular formula is C27H33N5O10. The van der Waals surface area contributed by atoms with E-state index in [9.17, 15) is 49.5 Å². The zero-order valence-electron chi connectivity index (χ0n) is 23.0. The van der Waals surface area contributed by atoms with E-state index < -0.39 is 99.2 Å². The number of ketones is 2. The highest BCUT2D eigenvalue weighted by atomic mass is 16.4. The molecule has 1 aromatic rings. The molecule has 7 atom stereocenters. The number of carbonyl (C=O) groups excluding carboxylic acids is 5. The molecule has 0 aliphatic heterocycles. The predicted octanol–water partition coefficient (Wildman–Crippen LogP) is -1.97. The lowest BCUT2D eigenvalue weighted by Gasteiger charge is -2.53. The highest BCUT2D eigenvalue weighted by molar-refractivity contribution is 6.24. The normalized spacial score (nSPS) is 29.5. The van der Waals surface area contributed by atoms with E-state index in [1.54, 1.807) is 6.92 Å². The van der Waals surface area contributed by atoms with Crippen LogP contribution in [0.25, 0.3) is 5.76 Å². The zero-order valence-corrected chi connectivity index (χ0v) is 23.0. The third kappa shape index (κ3) is 4.32. The molecule has 42 heavy (non-hydrogen) atoms. The minimum atomic E-state index is -3.04. The Morgan fingerprint density at radius 3 is 2.29 bits per heavy atom. The van der Waals surface area contributed by atoms with Gasteiger partial charge >= 0.3 is 0 Å². The van der Waals surface area contributed by atoms with E-state index in [4.69, 9.17) is 17.2 Å². The van der Waals surface area contributed by atoms with Crippen LogP contribution in [0.15, 0.2) is 29.0 Å². The number of fused-ring (bicyclic) bond motifs is 3. The summed E-state index contributed by atoms with van der Waals surface area (Å²) < 4.78 is 0. The summed E-state index contributed by atoms with van der Waals surface area (Å²) in [6, 6.07) is 0.120. The molecule has 15 nitrogen and oxygen atoms in total. The number of Topliss-reactive ketones (excluding diaryl/α,β-unsaturated/α-hetero) is 2. The number of hydrogen-bond donors (Lipinski definition) is 9. The van der Waals surface area contributed by atoms with Crippen LogP contribution >= 0.6 is 0 Å². The number of primary amides is 2. The summed E-state index contributed by atoms with van der Waals surface area (Å²) >= 11 is 0. The molecule has 1 saturated carbocycles. The lowest BCUT2D eigenvalue weighted by molar-refractivity contribution is -0.169. The van der Waals surface area contributed by atoms with E-state index in [1.165, 1.54) is 31.1 Å². The van der Waals surface area contributed by atoms with Gasteiger partial charge in [-0.05, 0) is 38.1 Å². The number of nitrogens with one attached hydrogen (secondary N) is 1. The smallest absolute Gasteiger partial charge is 0.255 e. The molecule has 15 heteroatoms. The van der Waals surface area contributed by atoms with Crippen LogP contribution in [0.3, 0.4) is 0 Å². The van der Waals surface area contributed by atoms with Crippen molar-refractivity contribution in [3.8, 4) is 5.75 Å². The first-order chi connectivity index (χ1) is 19.5. The molecule has 226 valence electrons. The SMILES string of the molecule is C[C@H]1c2ccc(NC(=O)[C@@H](N)CCC(N)=O)c(O)c2C(O)=C2C(=O)[C@]3(O)C(O)=C(C(N)=O)C(=O)[C@@H](N(C)C)[C@@H]3[C@@H](O)C21. The Kier molecular flexibility index (Phi) is 7.67. The minimum absolute atomic E-state index is 0.0756. The molecule has 1 unspecified atom stereocenters. The lowest BCUT2D eigenvalue weighted by atomic mass is 9.54. The second-order valence-corrected chi connectivity index (χ2v) is 11.1. The fraction of sp³-hybridized carbons (Fsp3) is 0.444. The topological polar surface area (TPSA) is 280 Å². The minimum Gasteiger partial charge on any atom is -0.508 e. The fourth-order valence-electron chi connectivity index (χ4n) is 6.37. The van der Waals surface area contributed by atoms with Crippen molar-refractivity contribution in [3.05, 3.63) is 40.2 Å². The van der Waals surface area contributed by atoms with Gasteiger partial charge in [0.1, 0.15) is 22.8 Å². The largest absolute Gasteiger partial charge is 0.508 e. The first-order valence-electron chi connectivity index (χ1n) is 13.0. The summed E-state index contributed by atoms with van der Waals surface area (Å²) in [6.45, 7) is 1.58. The van der Waals surface area contributed by atoms with E-state index in [0.29, 0.717) is 0 Å². The van der Waals surface area contributed by atoms with Crippen molar-refractivity contribution in [2.24, 2.45) is 29.0 Å². The third-order valence-electron chi connectivity index (χ3n) is 8.43. The number of rotatable bonds is 7. The van der Waals surface area contributed by atoms with Crippen LogP contribution in [0.4, 0.5) is 5.69 Å². The second-order valence-electron chi connectivity index (χ2n) is 11.1. The van der Waals surface area contributed by atoms with E-state index in [0.717, 1.165) is 0 Å². The molecule has 0 saturated heterocycles. The van der Waals surface area contributed by atoms with Gasteiger partial charge in [0.05, 0.1) is 35.4 Å². The highest BCUT2D eigenvalue weighted by Gasteiger charge is 2.68. The van der Waals surface area contributed by atoms with E-state index in [2.05, 4.69) is 5.32 Å². The van der Waals surface area contributed by atoms with Gasteiger partial charge in [0, 0.05) is 17.9 Å². The Morgan fingerprint density at radius 1 is 1.12 bits per heavy atom. The molecular weight excluding hydrogens is 554 g/mol. The molecule has 0 spiro atoms. The number of nitrogens with zero attached hydrogens (tertiary/aromatic N) is 1. The Labute approximate surface area is 239 Å². The van der Waals surface area contributed by atoms with E-state index in [1.807, 2.05) is 0 Å². The molecule has 1 fully saturated rings. The molecule has 12 N–H and O–H groups in total. The van der Waals surface area contributed by atoms with Gasteiger partial charge in [-0.2, -0.15) is 0 Å². The number of aromatic hydroxyl groups is 1. The number of phenols is 1. The molecule has 0 bridgehead atoms. The molecule has 4 rings (SSSR count). The number of nitrogens with two attached hydrogens (primary N) is 3. The Bertz CT molecular complexity index is 1480. The average molecular weight is 588 g/mol. The summed E-state index contributed by atoms with van der Waals surface area (Å²) in [5.74, 6) is -11.8. The van der Waals surface area contributed by atoms with E-state index >= 15 is 0 Å². The number of phenolic OH excluding ortho intramolecular Hbond substituents is 1. The van der Waals surface area contributed by atoms with Gasteiger partial charge in [0.25, 0.3) is 5.91 Å². The van der Waals surface area contributed by atoms with E-state index in [-0.39, 0.29) is 29.7 Å². The maximum atomic E-state index is 14.0. The monoisotopic (exact) mass is 587 g/mol. The number of anilines is 1. The predicted molar refractivity (Wildman–Crippen MR) is 145 cm³/mol. The number of hydrogen-bond acceptors (Lipinski definition) is 12. The molecule has 3 aliphatic carbocycles. The summed E-state index contributed by atoms with van der Waals surface area (Å²) in [6.07, 6.45) is -1.97. The van der Waals surface area contributed by atoms with Crippen molar-refractivity contribution in [3.63, 3.8) is 0 Å². The van der Waals surface area contributed by atoms with Gasteiger partial charge in [-0.15, -0.1) is 0 Å². The number of benzene rings is 1. The molecule has 0 aromatic heterocycles. The van der Waals surface area contributed by atoms with Crippen molar-refractivity contribution in [1.29, 1.82) is 0 Å². The van der Waals surface area contributed by atoms with Crippen LogP contribution in [-0.4, -0.2) is 97.6 Å². The van der Waals surface area contributed by atoms with Crippen molar-refractivity contribution in [1.82, 2.24) is 4.90 Å². The van der Waals surface area contributed by atoms with Crippen LogP contribution in [-0.2, 0) is 24.0 Å². The van der Waals surface area contributed by atoms with Crippen LogP contribution in [0.1, 0.15) is 36.8 Å². The number of amides is 3. The van der Waals surface area contributed by atoms with Crippen molar-refractivity contribution >= 4 is 40.7 Å². The number of aliphatic hydroxyl groups is 4. The van der Waals surface area contributed by atoms with Crippen LogP contribution < -0.4 is 22.5 Å². The van der Waals surface area contributed by atoms with Gasteiger partial charge in [-0.1, -0.05) is 13.0 Å². The van der Waals surface area contributed by atoms with Crippen LogP contribution in [0.2, 0.25) is 0 Å². The van der Waals surface area contributed by atoms with Gasteiger partial charge in [-0.3, -0.25) is 28.9 Å². The average Bonchev–Trinajstić information content (AvgIpc) is 2.90. The number of aliphatic hydroxyl groups excluding tert-OH is 3. The van der Waals surface area contributed by atoms with Gasteiger partial charge in [-0.25, -0.2) is 0 Å². The van der Waals surface area contributed by atoms with Crippen molar-refractivity contribution in [2.45, 2.75) is 49.5 Å². The highest BCUT2D eigenvalue weighted by Crippen LogP contribution is 2.56. The Morgan fingerprint density at radius 2 is 1.74 bits per heavy atom. The molecule has 1 aromatic carbocycles. The maximum Gasteiger partial charge on any atom is 0.255 e. The Hall–Kier alpha value is -4.31. The first kappa shape index (κ1) is 30.6. The summed E-state index contributed by atoms with van der Waals surface area (Å²) in [7, 11) is 2.83. The second kappa shape index (κ2) is 10.5. The van der Waals surface area contributed by atoms with Gasteiger partial charge in [0.2, 0.25) is 17.6 Å². The summed E-state index contributed by atoms with van der Waals surface area (Å²) in [5.41, 5.74) is 11.3. The standard InChI is InChI=1S/C27H33N5O10/c1-8-9-4-6-11(31-26(41)10(28)5-7-12(29)33)19(34)14(9)20(35)15-13(8)21(36)17-18(32(2)3)22(37)16(25(30)40)24(39)27(17,42)23(15)38/h4,6,8,10,13,17-18,21,34-36,39,42H,5,7,28H2,1-3H3,(H2,29,33)(H2,30,40)(H,31,41)/t8-,10-,13?,17+,18-,21-,27-/m0/s1. The lowest BCUT2D eigenvalue weighted by Crippen LogP contribution is -2.70. The molecule has 0 radical (unpaired) electrons. The quantitative estimate of drug-likeness (QED) is 0.124. The van der Waals surface area contributed by atoms with Gasteiger partial charge < -0.3 is 48.1 Å². The van der Waals surface area contributed by atoms with Crippen LogP contribution in [0.5, 0.6) is 5.75 Å². The van der Waals surface area contributed by atoms with Crippen LogP contribution in [0, 0.1) is 11.8 Å². The summed E-state index contributed by atoms with van der Waals surface area (Å²) in [4.78, 5) is 64.2. The fourth-order valence-corrected chi connectivity index (χ4v) is 6.37. The third-order valence-corrected chi connectivity index (χ3v) is 8.43. The zero-order chi connectivity index (χ0) is 31.6. The first-order valence-corrected chi connectivity index (χ1v) is 13.0. The van der Waals surface area contributed by atoms with Gasteiger partial charge in [0.15, 0.2) is 11.4 Å². The molecule has 0 heterocycles. The number of likely N-dealkylation sites (N-methyl/N-ethyl adjacent to an activating group) is 1. The van der Waals surface area contributed by atoms with Crippen molar-refractivity contribution < 1.29 is 49.5 Å².